The molecule has 1 aromatic rings. The van der Waals surface area contributed by atoms with Gasteiger partial charge < -0.3 is 4.74 Å². The summed E-state index contributed by atoms with van der Waals surface area (Å²) in [5.74, 6) is -0.507. The van der Waals surface area contributed by atoms with Crippen LogP contribution in [0.2, 0.25) is 5.15 Å². The highest BCUT2D eigenvalue weighted by Crippen LogP contribution is 2.20. The van der Waals surface area contributed by atoms with Crippen molar-refractivity contribution in [1.29, 1.82) is 0 Å². The highest BCUT2D eigenvalue weighted by molar-refractivity contribution is 7.89. The van der Waals surface area contributed by atoms with Crippen molar-refractivity contribution in [2.24, 2.45) is 5.41 Å². The lowest BCUT2D eigenvalue weighted by Gasteiger charge is -2.21. The van der Waals surface area contributed by atoms with Gasteiger partial charge in [0.2, 0.25) is 10.0 Å². The lowest BCUT2D eigenvalue weighted by Crippen LogP contribution is -2.39. The molecule has 0 aliphatic rings. The lowest BCUT2D eigenvalue weighted by atomic mass is 9.94. The van der Waals surface area contributed by atoms with E-state index in [1.807, 2.05) is 0 Å². The molecule has 19 heavy (non-hydrogen) atoms. The molecule has 0 amide bonds. The highest BCUT2D eigenvalue weighted by Gasteiger charge is 2.31. The minimum absolute atomic E-state index is 0.104. The Morgan fingerprint density at radius 3 is 2.68 bits per heavy atom. The molecule has 0 radical (unpaired) electrons. The number of ether oxygens (including phenoxy) is 1. The van der Waals surface area contributed by atoms with E-state index >= 15 is 0 Å². The number of carbonyl (C=O) groups is 1. The average Bonchev–Trinajstić information content (AvgIpc) is 2.36. The number of rotatable bonds is 5. The largest absolute Gasteiger partial charge is 0.469 e. The van der Waals surface area contributed by atoms with Crippen molar-refractivity contribution in [3.63, 3.8) is 0 Å². The molecule has 1 rings (SSSR count). The van der Waals surface area contributed by atoms with Gasteiger partial charge in [0.15, 0.2) is 0 Å². The number of hydrogen-bond acceptors (Lipinski definition) is 5. The normalized spacial score (nSPS) is 12.2. The molecule has 1 N–H and O–H groups in total. The number of hydrogen-bond donors (Lipinski definition) is 1. The fourth-order valence-electron chi connectivity index (χ4n) is 1.27. The number of aromatic nitrogens is 1. The van der Waals surface area contributed by atoms with Gasteiger partial charge in [-0.1, -0.05) is 11.6 Å². The second-order valence-corrected chi connectivity index (χ2v) is 6.59. The third-order valence-corrected chi connectivity index (χ3v) is 4.30. The maximum absolute atomic E-state index is 12.0. The van der Waals surface area contributed by atoms with E-state index in [9.17, 15) is 13.2 Å². The summed E-state index contributed by atoms with van der Waals surface area (Å²) in [5, 5.41) is -0.120. The fourth-order valence-corrected chi connectivity index (χ4v) is 2.94. The first-order valence-electron chi connectivity index (χ1n) is 5.39. The first kappa shape index (κ1) is 15.9. The molecule has 6 nitrogen and oxygen atoms in total. The number of nitrogens with one attached hydrogen (secondary N) is 1. The van der Waals surface area contributed by atoms with Gasteiger partial charge in [0.1, 0.15) is 10.0 Å². The van der Waals surface area contributed by atoms with E-state index in [1.165, 1.54) is 25.4 Å². The third-order valence-electron chi connectivity index (χ3n) is 2.46. The van der Waals surface area contributed by atoms with Gasteiger partial charge in [-0.25, -0.2) is 18.1 Å². The fraction of sp³-hybridized carbons (Fsp3) is 0.455. The molecule has 0 aliphatic heterocycles. The predicted octanol–water partition coefficient (Wildman–Crippen LogP) is 1.21. The summed E-state index contributed by atoms with van der Waals surface area (Å²) in [6, 6.07) is 2.80. The van der Waals surface area contributed by atoms with Crippen molar-refractivity contribution >= 4 is 27.6 Å². The minimum Gasteiger partial charge on any atom is -0.469 e. The van der Waals surface area contributed by atoms with Crippen LogP contribution in [-0.2, 0) is 19.6 Å². The van der Waals surface area contributed by atoms with Crippen LogP contribution in [0, 0.1) is 5.41 Å². The molecular formula is C11H15ClN2O4S. The van der Waals surface area contributed by atoms with Crippen LogP contribution in [0.15, 0.2) is 23.2 Å². The smallest absolute Gasteiger partial charge is 0.312 e. The number of nitrogens with zero attached hydrogens (tertiary/aromatic N) is 1. The second-order valence-electron chi connectivity index (χ2n) is 4.49. The maximum Gasteiger partial charge on any atom is 0.312 e. The Bertz CT molecular complexity index is 572. The Hall–Kier alpha value is -1.18. The van der Waals surface area contributed by atoms with Crippen LogP contribution in [0.1, 0.15) is 13.8 Å². The van der Waals surface area contributed by atoms with Gasteiger partial charge >= 0.3 is 5.97 Å². The number of carbonyl (C=O) groups excluding carboxylic acids is 1. The van der Waals surface area contributed by atoms with Crippen LogP contribution in [0.3, 0.4) is 0 Å². The number of halogens is 1. The predicted molar refractivity (Wildman–Crippen MR) is 70.2 cm³/mol. The summed E-state index contributed by atoms with van der Waals surface area (Å²) < 4.78 is 31.0. The van der Waals surface area contributed by atoms with Crippen LogP contribution >= 0.6 is 11.6 Å². The monoisotopic (exact) mass is 306 g/mol. The van der Waals surface area contributed by atoms with Gasteiger partial charge in [-0.15, -0.1) is 0 Å². The van der Waals surface area contributed by atoms with Crippen molar-refractivity contribution in [2.75, 3.05) is 13.7 Å². The van der Waals surface area contributed by atoms with Crippen LogP contribution in [0.4, 0.5) is 0 Å². The lowest BCUT2D eigenvalue weighted by molar-refractivity contribution is -0.150. The summed E-state index contributed by atoms with van der Waals surface area (Å²) in [5.41, 5.74) is -0.976. The number of esters is 1. The quantitative estimate of drug-likeness (QED) is 0.653. The molecule has 0 aliphatic carbocycles. The van der Waals surface area contributed by atoms with Crippen molar-refractivity contribution in [3.8, 4) is 0 Å². The van der Waals surface area contributed by atoms with Gasteiger partial charge in [0.05, 0.1) is 12.5 Å². The van der Waals surface area contributed by atoms with E-state index in [1.54, 1.807) is 13.8 Å². The van der Waals surface area contributed by atoms with E-state index in [2.05, 4.69) is 14.4 Å². The number of sulfonamides is 1. The molecule has 106 valence electrons. The molecule has 0 fully saturated rings. The van der Waals surface area contributed by atoms with Gasteiger partial charge in [-0.2, -0.15) is 0 Å². The molecule has 0 bridgehead atoms. The Kier molecular flexibility index (Phi) is 4.89. The van der Waals surface area contributed by atoms with E-state index in [0.29, 0.717) is 0 Å². The van der Waals surface area contributed by atoms with E-state index < -0.39 is 21.4 Å². The molecule has 8 heteroatoms. The van der Waals surface area contributed by atoms with E-state index in [4.69, 9.17) is 11.6 Å². The molecule has 0 saturated heterocycles. The zero-order valence-electron chi connectivity index (χ0n) is 10.8. The Morgan fingerprint density at radius 1 is 1.53 bits per heavy atom. The zero-order valence-corrected chi connectivity index (χ0v) is 12.4. The van der Waals surface area contributed by atoms with E-state index in [0.717, 1.165) is 0 Å². The van der Waals surface area contributed by atoms with Crippen LogP contribution in [-0.4, -0.2) is 33.0 Å². The van der Waals surface area contributed by atoms with Crippen molar-refractivity contribution in [1.82, 2.24) is 9.71 Å². The average molecular weight is 307 g/mol. The van der Waals surface area contributed by atoms with Gasteiger partial charge in [0.25, 0.3) is 0 Å². The second kappa shape index (κ2) is 5.85. The summed E-state index contributed by atoms with van der Waals surface area (Å²) in [7, 11) is -2.57. The summed E-state index contributed by atoms with van der Waals surface area (Å²) in [6.45, 7) is 3.05. The maximum atomic E-state index is 12.0. The zero-order chi connectivity index (χ0) is 14.7. The molecular weight excluding hydrogens is 292 g/mol. The molecule has 0 aromatic carbocycles. The molecule has 0 saturated carbocycles. The summed E-state index contributed by atoms with van der Waals surface area (Å²) in [4.78, 5) is 15.0. The van der Waals surface area contributed by atoms with Crippen LogP contribution in [0.25, 0.3) is 0 Å². The van der Waals surface area contributed by atoms with Crippen molar-refractivity contribution < 1.29 is 17.9 Å². The molecule has 0 unspecified atom stereocenters. The molecule has 1 aromatic heterocycles. The Balaban J connectivity index is 2.89. The summed E-state index contributed by atoms with van der Waals surface area (Å²) >= 11 is 5.73. The SMILES string of the molecule is COC(=O)C(C)(C)CNS(=O)(=O)c1cccnc1Cl. The molecule has 0 atom stereocenters. The van der Waals surface area contributed by atoms with Gasteiger partial charge in [0, 0.05) is 12.7 Å². The van der Waals surface area contributed by atoms with Crippen LogP contribution < -0.4 is 4.72 Å². The standard InChI is InChI=1S/C11H15ClN2O4S/c1-11(2,10(15)18-3)7-14-19(16,17)8-5-4-6-13-9(8)12/h4-6,14H,7H2,1-3H3. The third kappa shape index (κ3) is 3.89. The number of pyridine rings is 1. The van der Waals surface area contributed by atoms with E-state index in [-0.39, 0.29) is 16.6 Å². The first-order valence-corrected chi connectivity index (χ1v) is 7.25. The first-order chi connectivity index (χ1) is 8.70. The minimum atomic E-state index is -3.82. The van der Waals surface area contributed by atoms with Gasteiger partial charge in [-0.05, 0) is 26.0 Å². The van der Waals surface area contributed by atoms with Crippen molar-refractivity contribution in [2.45, 2.75) is 18.7 Å². The molecule has 1 heterocycles. The Morgan fingerprint density at radius 2 is 2.16 bits per heavy atom. The number of methoxy groups -OCH3 is 1. The van der Waals surface area contributed by atoms with Crippen molar-refractivity contribution in [3.05, 3.63) is 23.5 Å². The highest BCUT2D eigenvalue weighted by atomic mass is 35.5. The van der Waals surface area contributed by atoms with Gasteiger partial charge in [-0.3, -0.25) is 4.79 Å². The summed E-state index contributed by atoms with van der Waals surface area (Å²) in [6.07, 6.45) is 1.39. The van der Waals surface area contributed by atoms with Crippen LogP contribution in [0.5, 0.6) is 0 Å². The Labute approximate surface area is 117 Å². The molecule has 0 spiro atoms. The topological polar surface area (TPSA) is 85.4 Å².